The Bertz CT molecular complexity index is 989. The molecular weight excluding hydrogens is 717 g/mol. The Kier molecular flexibility index (Phi) is 23.6. The Morgan fingerprint density at radius 1 is 0.714 bits per heavy atom. The van der Waals surface area contributed by atoms with Gasteiger partial charge in [0, 0.05) is 53.5 Å². The predicted molar refractivity (Wildman–Crippen MR) is 224 cm³/mol. The summed E-state index contributed by atoms with van der Waals surface area (Å²) in [5.74, 6) is 0.372. The fraction of sp³-hybridized carbons (Fsp3) is 0.824. The van der Waals surface area contributed by atoms with Crippen LogP contribution in [0, 0.1) is 0 Å². The summed E-state index contributed by atoms with van der Waals surface area (Å²) < 4.78 is 42.4. The third kappa shape index (κ3) is 15.2. The van der Waals surface area contributed by atoms with Crippen LogP contribution in [0.2, 0.25) is 57.4 Å². The summed E-state index contributed by atoms with van der Waals surface area (Å²) >= 11 is 0. The minimum absolute atomic E-state index is 0.0811. The van der Waals surface area contributed by atoms with E-state index in [2.05, 4.69) is 96.7 Å². The summed E-state index contributed by atoms with van der Waals surface area (Å²) in [6, 6.07) is 8.08. The maximum Gasteiger partial charge on any atom is 0.507 e. The Morgan fingerprint density at radius 3 is 1.53 bits per heavy atom. The molecule has 2 N–H and O–H groups in total. The smallest absolute Gasteiger partial charge is 0.395 e. The van der Waals surface area contributed by atoms with E-state index < -0.39 is 53.0 Å². The van der Waals surface area contributed by atoms with Crippen LogP contribution < -0.4 is 21.0 Å². The van der Waals surface area contributed by atoms with Crippen LogP contribution in [-0.2, 0) is 37.4 Å². The zero-order chi connectivity index (χ0) is 37.1. The molecule has 15 heteroatoms. The van der Waals surface area contributed by atoms with Crippen LogP contribution in [0.3, 0.4) is 0 Å². The molecule has 0 aliphatic carbocycles. The number of benzene rings is 1. The van der Waals surface area contributed by atoms with Crippen molar-refractivity contribution in [1.82, 2.24) is 10.6 Å². The maximum absolute atomic E-state index is 6.12. The first-order valence-corrected chi connectivity index (χ1v) is 33.5. The summed E-state index contributed by atoms with van der Waals surface area (Å²) in [6.45, 7) is 29.6. The Morgan fingerprint density at radius 2 is 1.16 bits per heavy atom. The monoisotopic (exact) mass is 792 g/mol. The second kappa shape index (κ2) is 24.5. The van der Waals surface area contributed by atoms with Gasteiger partial charge in [-0.2, -0.15) is 0 Å². The van der Waals surface area contributed by atoms with Gasteiger partial charge < -0.3 is 41.6 Å². The van der Waals surface area contributed by atoms with Gasteiger partial charge in [-0.25, -0.2) is 0 Å². The lowest BCUT2D eigenvalue weighted by Crippen LogP contribution is -2.51. The first kappa shape index (κ1) is 47.2. The van der Waals surface area contributed by atoms with Crippen LogP contribution in [-0.4, -0.2) is 120 Å². The summed E-state index contributed by atoms with van der Waals surface area (Å²) in [5, 5.41) is 11.1. The van der Waals surface area contributed by atoms with E-state index in [0.29, 0.717) is 32.2 Å². The second-order valence-electron chi connectivity index (χ2n) is 13.9. The van der Waals surface area contributed by atoms with E-state index in [1.165, 1.54) is 11.6 Å². The molecule has 0 amide bonds. The molecule has 288 valence electrons. The standard InChI is InChI=1S/C34H76N2O7Si6/c1-15-40-47(13,41-16-2)27-19-24-35-34(36-25-20-28-48(14,42-17-3)43-18-4)44-26-23-31-32(45(9)10)22-21-30(33(31)46(11)12)29(5)49(37-6,38-7)39-8/h21-22,29,34-36,45-46H,15-20,23-28,44H2,1-14H3. The lowest BCUT2D eigenvalue weighted by Gasteiger charge is -2.33. The Balaban J connectivity index is 3.22. The number of rotatable bonds is 29. The van der Waals surface area contributed by atoms with Gasteiger partial charge in [-0.1, -0.05) is 67.2 Å². The molecule has 0 spiro atoms. The van der Waals surface area contributed by atoms with Gasteiger partial charge in [0.15, 0.2) is 0 Å². The number of hydrogen-bond donors (Lipinski definition) is 2. The molecule has 0 aromatic heterocycles. The van der Waals surface area contributed by atoms with Crippen LogP contribution in [0.15, 0.2) is 12.1 Å². The van der Waals surface area contributed by atoms with E-state index in [1.54, 1.807) is 37.3 Å². The van der Waals surface area contributed by atoms with Crippen molar-refractivity contribution in [3.8, 4) is 0 Å². The molecule has 0 radical (unpaired) electrons. The van der Waals surface area contributed by atoms with E-state index in [-0.39, 0.29) is 5.54 Å². The molecule has 1 aromatic carbocycles. The first-order valence-electron chi connectivity index (χ1n) is 19.1. The highest BCUT2D eigenvalue weighted by molar-refractivity contribution is 6.76. The largest absolute Gasteiger partial charge is 0.507 e. The van der Waals surface area contributed by atoms with E-state index in [9.17, 15) is 0 Å². The summed E-state index contributed by atoms with van der Waals surface area (Å²) in [4.78, 5) is 0. The van der Waals surface area contributed by atoms with Crippen molar-refractivity contribution in [1.29, 1.82) is 0 Å². The quantitative estimate of drug-likeness (QED) is 0.0703. The van der Waals surface area contributed by atoms with Crippen molar-refractivity contribution in [2.24, 2.45) is 0 Å². The molecule has 0 bridgehead atoms. The second-order valence-corrected chi connectivity index (χ2v) is 31.9. The minimum Gasteiger partial charge on any atom is -0.395 e. The fourth-order valence-electron chi connectivity index (χ4n) is 7.27. The van der Waals surface area contributed by atoms with E-state index in [0.717, 1.165) is 44.4 Å². The molecule has 0 fully saturated rings. The molecule has 1 aromatic rings. The fourth-order valence-corrected chi connectivity index (χ4v) is 19.9. The third-order valence-corrected chi connectivity index (χ3v) is 24.3. The highest BCUT2D eigenvalue weighted by Crippen LogP contribution is 2.28. The average Bonchev–Trinajstić information content (AvgIpc) is 3.05. The number of hydrogen-bond acceptors (Lipinski definition) is 9. The van der Waals surface area contributed by atoms with Gasteiger partial charge in [0.05, 0.1) is 32.7 Å². The van der Waals surface area contributed by atoms with Crippen LogP contribution in [0.5, 0.6) is 0 Å². The molecule has 0 saturated heterocycles. The molecule has 0 aliphatic heterocycles. The van der Waals surface area contributed by atoms with E-state index in [4.69, 9.17) is 31.0 Å². The molecule has 1 unspecified atom stereocenters. The molecule has 49 heavy (non-hydrogen) atoms. The molecule has 0 saturated carbocycles. The topological polar surface area (TPSA) is 88.7 Å². The lowest BCUT2D eigenvalue weighted by molar-refractivity contribution is 0.114. The highest BCUT2D eigenvalue weighted by Gasteiger charge is 2.46. The molecule has 0 aliphatic rings. The van der Waals surface area contributed by atoms with Gasteiger partial charge >= 0.3 is 25.9 Å². The summed E-state index contributed by atoms with van der Waals surface area (Å²) in [6.07, 6.45) is 3.27. The molecule has 1 rings (SSSR count). The zero-order valence-corrected chi connectivity index (χ0v) is 40.7. The third-order valence-electron chi connectivity index (χ3n) is 9.59. The van der Waals surface area contributed by atoms with Crippen molar-refractivity contribution in [2.45, 2.75) is 123 Å². The highest BCUT2D eigenvalue weighted by atomic mass is 28.4. The van der Waals surface area contributed by atoms with Crippen LogP contribution in [0.25, 0.3) is 0 Å². The van der Waals surface area contributed by atoms with Crippen molar-refractivity contribution < 1.29 is 31.0 Å². The predicted octanol–water partition coefficient (Wildman–Crippen LogP) is 4.26. The van der Waals surface area contributed by atoms with Gasteiger partial charge in [-0.15, -0.1) is 0 Å². The van der Waals surface area contributed by atoms with Crippen molar-refractivity contribution in [3.05, 3.63) is 23.3 Å². The summed E-state index contributed by atoms with van der Waals surface area (Å²) in [5.41, 5.74) is 3.10. The SMILES string of the molecule is CCO[Si](C)(CCCNC(NCCC[Si](C)(OCC)OCC)[SiH2]CCc1c([SiH](C)C)ccc(C(C)[Si](OC)(OC)OC)c1[SiH](C)C)OCC. The lowest BCUT2D eigenvalue weighted by atomic mass is 10.1. The van der Waals surface area contributed by atoms with Gasteiger partial charge in [-0.05, 0) is 90.8 Å². The van der Waals surface area contributed by atoms with Crippen LogP contribution >= 0.6 is 0 Å². The van der Waals surface area contributed by atoms with Gasteiger partial charge in [0.25, 0.3) is 0 Å². The van der Waals surface area contributed by atoms with E-state index in [1.807, 2.05) is 0 Å². The Labute approximate surface area is 310 Å². The van der Waals surface area contributed by atoms with E-state index >= 15 is 0 Å². The van der Waals surface area contributed by atoms with Crippen LogP contribution in [0.4, 0.5) is 0 Å². The number of nitrogens with one attached hydrogen (secondary N) is 2. The molecule has 1 atom stereocenters. The Hall–Kier alpha value is 0.161. The van der Waals surface area contributed by atoms with Crippen molar-refractivity contribution in [2.75, 3.05) is 60.8 Å². The normalized spacial score (nSPS) is 14.0. The zero-order valence-electron chi connectivity index (χ0n) is 34.0. The minimum atomic E-state index is -2.85. The maximum atomic E-state index is 6.12. The van der Waals surface area contributed by atoms with Gasteiger partial charge in [0.2, 0.25) is 0 Å². The van der Waals surface area contributed by atoms with Crippen molar-refractivity contribution >= 4 is 63.4 Å². The summed E-state index contributed by atoms with van der Waals surface area (Å²) in [7, 11) is -4.61. The first-order chi connectivity index (χ1) is 23.3. The average molecular weight is 794 g/mol. The van der Waals surface area contributed by atoms with Crippen LogP contribution in [0.1, 0.15) is 64.1 Å². The van der Waals surface area contributed by atoms with Gasteiger partial charge in [-0.3, -0.25) is 0 Å². The van der Waals surface area contributed by atoms with Crippen molar-refractivity contribution in [3.63, 3.8) is 0 Å². The molecule has 0 heterocycles. The molecular formula is C34H76N2O7Si6. The molecule has 9 nitrogen and oxygen atoms in total. The van der Waals surface area contributed by atoms with Gasteiger partial charge in [0.1, 0.15) is 0 Å².